The Bertz CT molecular complexity index is 341. The fraction of sp³-hybridized carbons (Fsp3) is 0.125. The molecule has 0 saturated heterocycles. The summed E-state index contributed by atoms with van der Waals surface area (Å²) in [5.74, 6) is 5.15. The van der Waals surface area contributed by atoms with Crippen LogP contribution in [0.4, 0.5) is 5.69 Å². The highest BCUT2D eigenvalue weighted by Gasteiger charge is 2.11. The number of nitrogens with two attached hydrogens (primary N) is 1. The second-order valence-corrected chi connectivity index (χ2v) is 3.25. The largest absolute Gasteiger partial charge is 0.273 e. The van der Waals surface area contributed by atoms with E-state index in [1.54, 1.807) is 18.2 Å². The third kappa shape index (κ3) is 2.12. The molecule has 1 rings (SSSR count). The van der Waals surface area contributed by atoms with Gasteiger partial charge in [0.2, 0.25) is 5.91 Å². The maximum absolute atomic E-state index is 10.9. The molecule has 13 heavy (non-hydrogen) atoms. The minimum Gasteiger partial charge on any atom is -0.273 e. The Balaban J connectivity index is 3.15. The van der Waals surface area contributed by atoms with Gasteiger partial charge in [0.05, 0.1) is 15.7 Å². The second kappa shape index (κ2) is 3.96. The van der Waals surface area contributed by atoms with Crippen molar-refractivity contribution in [2.24, 2.45) is 5.84 Å². The summed E-state index contributed by atoms with van der Waals surface area (Å²) < 4.78 is 0. The summed E-state index contributed by atoms with van der Waals surface area (Å²) in [4.78, 5) is 10.9. The number of anilines is 1. The fourth-order valence-corrected chi connectivity index (χ4v) is 1.23. The van der Waals surface area contributed by atoms with Gasteiger partial charge in [-0.25, -0.2) is 10.9 Å². The molecule has 3 nitrogen and oxygen atoms in total. The molecule has 0 fully saturated rings. The van der Waals surface area contributed by atoms with Gasteiger partial charge in [-0.15, -0.1) is 0 Å². The first kappa shape index (κ1) is 10.3. The number of nitrogens with zero attached hydrogens (tertiary/aromatic N) is 1. The van der Waals surface area contributed by atoms with Crippen LogP contribution in [0, 0.1) is 0 Å². The van der Waals surface area contributed by atoms with E-state index >= 15 is 0 Å². The number of halogens is 2. The minimum atomic E-state index is -0.302. The van der Waals surface area contributed by atoms with Crippen LogP contribution in [-0.2, 0) is 4.79 Å². The molecule has 0 radical (unpaired) electrons. The van der Waals surface area contributed by atoms with Crippen molar-refractivity contribution in [3.05, 3.63) is 28.2 Å². The van der Waals surface area contributed by atoms with Gasteiger partial charge in [-0.3, -0.25) is 4.79 Å². The highest BCUT2D eigenvalue weighted by atomic mass is 35.5. The van der Waals surface area contributed by atoms with Crippen molar-refractivity contribution in [2.45, 2.75) is 6.92 Å². The molecule has 5 heteroatoms. The molecule has 0 spiro atoms. The summed E-state index contributed by atoms with van der Waals surface area (Å²) in [6.45, 7) is 1.34. The van der Waals surface area contributed by atoms with E-state index in [9.17, 15) is 4.79 Å². The molecule has 1 amide bonds. The molecule has 0 aromatic heterocycles. The maximum atomic E-state index is 10.9. The van der Waals surface area contributed by atoms with Crippen LogP contribution in [0.15, 0.2) is 18.2 Å². The predicted molar refractivity (Wildman–Crippen MR) is 53.8 cm³/mol. The van der Waals surface area contributed by atoms with E-state index in [1.807, 2.05) is 0 Å². The van der Waals surface area contributed by atoms with E-state index in [2.05, 4.69) is 0 Å². The molecular formula is C8H8Cl2N2O. The van der Waals surface area contributed by atoms with Crippen LogP contribution >= 0.6 is 23.2 Å². The lowest BCUT2D eigenvalue weighted by molar-refractivity contribution is -0.116. The summed E-state index contributed by atoms with van der Waals surface area (Å²) in [6.07, 6.45) is 0. The first-order valence-corrected chi connectivity index (χ1v) is 4.29. The van der Waals surface area contributed by atoms with Gasteiger partial charge in [-0.1, -0.05) is 29.3 Å². The highest BCUT2D eigenvalue weighted by Crippen LogP contribution is 2.30. The van der Waals surface area contributed by atoms with Crippen molar-refractivity contribution in [1.82, 2.24) is 0 Å². The van der Waals surface area contributed by atoms with Crippen molar-refractivity contribution in [3.63, 3.8) is 0 Å². The van der Waals surface area contributed by atoms with Crippen molar-refractivity contribution in [1.29, 1.82) is 0 Å². The first-order valence-electron chi connectivity index (χ1n) is 3.53. The van der Waals surface area contributed by atoms with E-state index in [0.29, 0.717) is 10.7 Å². The van der Waals surface area contributed by atoms with Crippen LogP contribution in [0.3, 0.4) is 0 Å². The van der Waals surface area contributed by atoms with Crippen LogP contribution in [0.1, 0.15) is 6.92 Å². The van der Waals surface area contributed by atoms with Gasteiger partial charge >= 0.3 is 0 Å². The van der Waals surface area contributed by atoms with Crippen LogP contribution in [-0.4, -0.2) is 5.91 Å². The number of carbonyl (C=O) groups excluding carboxylic acids is 1. The lowest BCUT2D eigenvalue weighted by Crippen LogP contribution is -2.35. The molecular weight excluding hydrogens is 211 g/mol. The average Bonchev–Trinajstić information content (AvgIpc) is 2.08. The molecule has 0 aliphatic carbocycles. The Hall–Kier alpha value is -0.770. The smallest absolute Gasteiger partial charge is 0.238 e. The zero-order valence-corrected chi connectivity index (χ0v) is 8.43. The minimum absolute atomic E-state index is 0.280. The van der Waals surface area contributed by atoms with Crippen molar-refractivity contribution >= 4 is 34.8 Å². The lowest BCUT2D eigenvalue weighted by atomic mass is 10.3. The molecule has 0 saturated carbocycles. The molecule has 0 bridgehead atoms. The third-order valence-electron chi connectivity index (χ3n) is 1.53. The summed E-state index contributed by atoms with van der Waals surface area (Å²) in [6, 6.07) is 4.92. The number of hydrogen-bond acceptors (Lipinski definition) is 2. The first-order chi connectivity index (χ1) is 6.04. The molecule has 1 aromatic rings. The summed E-state index contributed by atoms with van der Waals surface area (Å²) >= 11 is 11.6. The van der Waals surface area contributed by atoms with Crippen LogP contribution in [0.2, 0.25) is 10.0 Å². The maximum Gasteiger partial charge on any atom is 0.238 e. The van der Waals surface area contributed by atoms with E-state index in [0.717, 1.165) is 5.01 Å². The molecule has 0 atom stereocenters. The molecule has 2 N–H and O–H groups in total. The van der Waals surface area contributed by atoms with Crippen molar-refractivity contribution in [2.75, 3.05) is 5.01 Å². The van der Waals surface area contributed by atoms with Gasteiger partial charge in [0.15, 0.2) is 0 Å². The third-order valence-corrected chi connectivity index (χ3v) is 2.34. The van der Waals surface area contributed by atoms with E-state index in [1.165, 1.54) is 6.92 Å². The Morgan fingerprint density at radius 3 is 2.62 bits per heavy atom. The number of hydrogen-bond donors (Lipinski definition) is 1. The van der Waals surface area contributed by atoms with Crippen LogP contribution in [0.5, 0.6) is 0 Å². The second-order valence-electron chi connectivity index (χ2n) is 2.46. The Labute approximate surface area is 86.0 Å². The summed E-state index contributed by atoms with van der Waals surface area (Å²) in [7, 11) is 0. The quantitative estimate of drug-likeness (QED) is 0.447. The van der Waals surface area contributed by atoms with Crippen LogP contribution < -0.4 is 10.9 Å². The standard InChI is InChI=1S/C8H8Cl2N2O/c1-5(13)12(11)7-4-2-3-6(9)8(7)10/h2-4H,11H2,1H3. The molecule has 0 aliphatic rings. The monoisotopic (exact) mass is 218 g/mol. The predicted octanol–water partition coefficient (Wildman–Crippen LogP) is 2.22. The van der Waals surface area contributed by atoms with E-state index in [4.69, 9.17) is 29.0 Å². The number of benzene rings is 1. The molecule has 0 heterocycles. The fourth-order valence-electron chi connectivity index (χ4n) is 0.848. The zero-order chi connectivity index (χ0) is 10.0. The van der Waals surface area contributed by atoms with Gasteiger partial charge in [0.1, 0.15) is 0 Å². The average molecular weight is 219 g/mol. The zero-order valence-electron chi connectivity index (χ0n) is 6.92. The van der Waals surface area contributed by atoms with Crippen LogP contribution in [0.25, 0.3) is 0 Å². The molecule has 0 aliphatic heterocycles. The van der Waals surface area contributed by atoms with Gasteiger partial charge in [0.25, 0.3) is 0 Å². The molecule has 70 valence electrons. The number of hydrazine groups is 1. The topological polar surface area (TPSA) is 46.3 Å². The van der Waals surface area contributed by atoms with Crippen molar-refractivity contribution in [3.8, 4) is 0 Å². The van der Waals surface area contributed by atoms with Gasteiger partial charge in [0, 0.05) is 6.92 Å². The van der Waals surface area contributed by atoms with Crippen molar-refractivity contribution < 1.29 is 4.79 Å². The molecule has 0 unspecified atom stereocenters. The lowest BCUT2D eigenvalue weighted by Gasteiger charge is -2.15. The summed E-state index contributed by atoms with van der Waals surface area (Å²) in [5.41, 5.74) is 0.404. The van der Waals surface area contributed by atoms with Gasteiger partial charge < -0.3 is 0 Å². The van der Waals surface area contributed by atoms with Gasteiger partial charge in [-0.2, -0.15) is 0 Å². The van der Waals surface area contributed by atoms with E-state index < -0.39 is 0 Å². The van der Waals surface area contributed by atoms with E-state index in [-0.39, 0.29) is 10.9 Å². The Kier molecular flexibility index (Phi) is 3.14. The highest BCUT2D eigenvalue weighted by molar-refractivity contribution is 6.44. The number of rotatable bonds is 1. The normalized spacial score (nSPS) is 9.85. The molecule has 1 aromatic carbocycles. The Morgan fingerprint density at radius 2 is 2.08 bits per heavy atom. The SMILES string of the molecule is CC(=O)N(N)c1cccc(Cl)c1Cl. The summed E-state index contributed by atoms with van der Waals surface area (Å²) in [5, 5.41) is 1.60. The Morgan fingerprint density at radius 1 is 1.46 bits per heavy atom. The number of carbonyl (C=O) groups is 1. The number of amides is 1. The van der Waals surface area contributed by atoms with Gasteiger partial charge in [-0.05, 0) is 12.1 Å².